The van der Waals surface area contributed by atoms with E-state index in [0.717, 1.165) is 45.3 Å². The number of rotatable bonds is 8. The van der Waals surface area contributed by atoms with Gasteiger partial charge >= 0.3 is 0 Å². The van der Waals surface area contributed by atoms with Crippen molar-refractivity contribution in [2.45, 2.75) is 38.5 Å². The summed E-state index contributed by atoms with van der Waals surface area (Å²) in [6.07, 6.45) is 5.46. The van der Waals surface area contributed by atoms with Crippen molar-refractivity contribution in [2.75, 3.05) is 40.3 Å². The van der Waals surface area contributed by atoms with Crippen molar-refractivity contribution >= 4 is 11.8 Å². The molecule has 1 aromatic rings. The van der Waals surface area contributed by atoms with Gasteiger partial charge in [-0.15, -0.1) is 0 Å². The average molecular weight is 372 g/mol. The second-order valence-electron chi connectivity index (χ2n) is 8.42. The van der Waals surface area contributed by atoms with Crippen LogP contribution in [0.15, 0.2) is 30.3 Å². The number of carbonyl (C=O) groups excluding carboxylic acids is 2. The Labute approximate surface area is 163 Å². The summed E-state index contributed by atoms with van der Waals surface area (Å²) in [5.41, 5.74) is 0.614. The Bertz CT molecular complexity index is 632. The molecule has 1 N–H and O–H groups in total. The van der Waals surface area contributed by atoms with Crippen LogP contribution in [0.4, 0.5) is 0 Å². The number of nitrogens with one attached hydrogen (secondary N) is 1. The van der Waals surface area contributed by atoms with Crippen molar-refractivity contribution in [3.05, 3.63) is 35.9 Å². The minimum Gasteiger partial charge on any atom is -0.355 e. The van der Waals surface area contributed by atoms with Crippen LogP contribution in [0.5, 0.6) is 0 Å². The van der Waals surface area contributed by atoms with Gasteiger partial charge in [-0.3, -0.25) is 9.59 Å². The van der Waals surface area contributed by atoms with E-state index in [2.05, 4.69) is 34.5 Å². The lowest BCUT2D eigenvalue weighted by Crippen LogP contribution is -2.48. The summed E-state index contributed by atoms with van der Waals surface area (Å²) in [4.78, 5) is 29.6. The molecule has 2 fully saturated rings. The predicted octanol–water partition coefficient (Wildman–Crippen LogP) is 2.32. The van der Waals surface area contributed by atoms with E-state index >= 15 is 0 Å². The molecule has 5 nitrogen and oxygen atoms in total. The number of piperidine rings is 1. The van der Waals surface area contributed by atoms with Gasteiger partial charge in [0.05, 0.1) is 0 Å². The van der Waals surface area contributed by atoms with Crippen molar-refractivity contribution in [3.63, 3.8) is 0 Å². The van der Waals surface area contributed by atoms with Crippen LogP contribution in [0.1, 0.15) is 37.7 Å². The Kier molecular flexibility index (Phi) is 6.53. The van der Waals surface area contributed by atoms with Gasteiger partial charge in [-0.2, -0.15) is 0 Å². The highest BCUT2D eigenvalue weighted by atomic mass is 16.2. The number of nitrogens with zero attached hydrogens (tertiary/aromatic N) is 2. The number of hydrogen-bond donors (Lipinski definition) is 1. The molecule has 1 saturated heterocycles. The zero-order valence-corrected chi connectivity index (χ0v) is 16.7. The molecule has 1 saturated carbocycles. The molecule has 2 amide bonds. The summed E-state index contributed by atoms with van der Waals surface area (Å²) >= 11 is 0. The van der Waals surface area contributed by atoms with Gasteiger partial charge < -0.3 is 15.1 Å². The maximum absolute atomic E-state index is 13.0. The summed E-state index contributed by atoms with van der Waals surface area (Å²) in [5.74, 6) is 0.634. The first-order valence-corrected chi connectivity index (χ1v) is 10.3. The average Bonchev–Trinajstić information content (AvgIpc) is 3.48. The smallest absolute Gasteiger partial charge is 0.238 e. The fourth-order valence-corrected chi connectivity index (χ4v) is 4.02. The Balaban J connectivity index is 1.45. The third-order valence-corrected chi connectivity index (χ3v) is 5.93. The Morgan fingerprint density at radius 3 is 2.41 bits per heavy atom. The van der Waals surface area contributed by atoms with E-state index in [0.29, 0.717) is 25.3 Å². The fraction of sp³-hybridized carbons (Fsp3) is 0.636. The minimum absolute atomic E-state index is 0.0577. The molecule has 1 aliphatic heterocycles. The van der Waals surface area contributed by atoms with E-state index < -0.39 is 5.41 Å². The summed E-state index contributed by atoms with van der Waals surface area (Å²) in [5, 5.41) is 2.99. The molecule has 1 heterocycles. The number of benzene rings is 1. The van der Waals surface area contributed by atoms with Crippen molar-refractivity contribution in [2.24, 2.45) is 11.3 Å². The minimum atomic E-state index is -0.760. The predicted molar refractivity (Wildman–Crippen MR) is 107 cm³/mol. The summed E-state index contributed by atoms with van der Waals surface area (Å²) in [6, 6.07) is 10.6. The number of carbonyl (C=O) groups is 2. The maximum Gasteiger partial charge on any atom is 0.238 e. The molecular weight excluding hydrogens is 338 g/mol. The third-order valence-electron chi connectivity index (χ3n) is 5.93. The lowest BCUT2D eigenvalue weighted by molar-refractivity contribution is -0.145. The second-order valence-corrected chi connectivity index (χ2v) is 8.42. The van der Waals surface area contributed by atoms with Crippen LogP contribution < -0.4 is 5.32 Å². The van der Waals surface area contributed by atoms with Gasteiger partial charge in [0.1, 0.15) is 5.41 Å². The molecule has 148 valence electrons. The van der Waals surface area contributed by atoms with Gasteiger partial charge in [0.2, 0.25) is 11.8 Å². The van der Waals surface area contributed by atoms with Crippen molar-refractivity contribution in [3.8, 4) is 0 Å². The Morgan fingerprint density at radius 1 is 1.15 bits per heavy atom. The van der Waals surface area contributed by atoms with Crippen LogP contribution in [0.3, 0.4) is 0 Å². The molecule has 0 aromatic heterocycles. The van der Waals surface area contributed by atoms with Crippen LogP contribution in [-0.2, 0) is 16.0 Å². The maximum atomic E-state index is 13.0. The molecule has 5 heteroatoms. The normalized spacial score (nSPS) is 19.1. The fourth-order valence-electron chi connectivity index (χ4n) is 4.02. The largest absolute Gasteiger partial charge is 0.355 e. The molecule has 0 radical (unpaired) electrons. The van der Waals surface area contributed by atoms with E-state index in [9.17, 15) is 9.59 Å². The summed E-state index contributed by atoms with van der Waals surface area (Å²) in [6.45, 7) is 3.15. The van der Waals surface area contributed by atoms with Gasteiger partial charge in [0.25, 0.3) is 0 Å². The highest BCUT2D eigenvalue weighted by molar-refractivity contribution is 6.07. The zero-order valence-electron chi connectivity index (χ0n) is 16.7. The molecule has 1 aromatic carbocycles. The highest BCUT2D eigenvalue weighted by Crippen LogP contribution is 2.48. The molecule has 0 unspecified atom stereocenters. The molecule has 27 heavy (non-hydrogen) atoms. The highest BCUT2D eigenvalue weighted by Gasteiger charge is 2.57. The first-order valence-electron chi connectivity index (χ1n) is 10.3. The Morgan fingerprint density at radius 2 is 1.81 bits per heavy atom. The van der Waals surface area contributed by atoms with Crippen LogP contribution in [0.2, 0.25) is 0 Å². The second kappa shape index (κ2) is 8.87. The van der Waals surface area contributed by atoms with Crippen molar-refractivity contribution in [1.29, 1.82) is 0 Å². The number of amides is 2. The summed E-state index contributed by atoms with van der Waals surface area (Å²) in [7, 11) is 4.05. The lowest BCUT2D eigenvalue weighted by atomic mass is 9.89. The van der Waals surface area contributed by atoms with E-state index in [4.69, 9.17) is 0 Å². The standard InChI is InChI=1S/C22H33N3O2/c1-24(2)14-6-13-23-20(26)22(11-12-22)21(27)25-15-9-19(10-16-25)17-18-7-4-3-5-8-18/h3-5,7-8,19H,6,9-17H2,1-2H3,(H,23,26). The zero-order chi connectivity index (χ0) is 19.3. The molecule has 2 aliphatic rings. The first-order chi connectivity index (χ1) is 13.0. The van der Waals surface area contributed by atoms with Crippen molar-refractivity contribution in [1.82, 2.24) is 15.1 Å². The van der Waals surface area contributed by atoms with E-state index in [1.165, 1.54) is 5.56 Å². The molecule has 1 aliphatic carbocycles. The third kappa shape index (κ3) is 5.10. The van der Waals surface area contributed by atoms with E-state index in [-0.39, 0.29) is 11.8 Å². The molecular formula is C22H33N3O2. The van der Waals surface area contributed by atoms with Crippen LogP contribution >= 0.6 is 0 Å². The van der Waals surface area contributed by atoms with Gasteiger partial charge in [0.15, 0.2) is 0 Å². The van der Waals surface area contributed by atoms with Crippen LogP contribution in [0.25, 0.3) is 0 Å². The van der Waals surface area contributed by atoms with Crippen LogP contribution in [0, 0.1) is 11.3 Å². The molecule has 0 spiro atoms. The lowest BCUT2D eigenvalue weighted by Gasteiger charge is -2.34. The van der Waals surface area contributed by atoms with E-state index in [1.807, 2.05) is 25.1 Å². The van der Waals surface area contributed by atoms with Gasteiger partial charge in [-0.1, -0.05) is 30.3 Å². The summed E-state index contributed by atoms with van der Waals surface area (Å²) < 4.78 is 0. The number of likely N-dealkylation sites (tertiary alicyclic amines) is 1. The molecule has 0 bridgehead atoms. The van der Waals surface area contributed by atoms with Gasteiger partial charge in [0, 0.05) is 19.6 Å². The van der Waals surface area contributed by atoms with Gasteiger partial charge in [-0.05, 0) is 70.6 Å². The topological polar surface area (TPSA) is 52.7 Å². The molecule has 0 atom stereocenters. The monoisotopic (exact) mass is 371 g/mol. The Hall–Kier alpha value is -1.88. The molecule has 3 rings (SSSR count). The number of hydrogen-bond acceptors (Lipinski definition) is 3. The SMILES string of the molecule is CN(C)CCCNC(=O)C1(C(=O)N2CCC(Cc3ccccc3)CC2)CC1. The van der Waals surface area contributed by atoms with Crippen LogP contribution in [-0.4, -0.2) is 61.9 Å². The van der Waals surface area contributed by atoms with E-state index in [1.54, 1.807) is 0 Å². The first kappa shape index (κ1) is 19.9. The van der Waals surface area contributed by atoms with Crippen molar-refractivity contribution < 1.29 is 9.59 Å². The van der Waals surface area contributed by atoms with Gasteiger partial charge in [-0.25, -0.2) is 0 Å². The quantitative estimate of drug-likeness (QED) is 0.564.